The number of aromatic nitrogens is 4. The minimum absolute atomic E-state index is 0.215. The first-order valence-corrected chi connectivity index (χ1v) is 17.7. The Kier molecular flexibility index (Phi) is 9.01. The SMILES string of the molecule is CCOC(=O)c1c2nc(c(-c3c(C)cc(C)cc3C)c3ccc([nH]3)c(C(=O)OCC)c3nc(c(-c4c(C)cc(C)cc4C)c4ccc1[nH]4)C=C3)C=C2. The summed E-state index contributed by atoms with van der Waals surface area (Å²) in [5.41, 5.74) is 16.0. The molecule has 0 saturated heterocycles. The molecule has 0 radical (unpaired) electrons. The zero-order chi connectivity index (χ0) is 36.8. The number of aryl methyl sites for hydroxylation is 6. The number of aromatic amines is 2. The van der Waals surface area contributed by atoms with Crippen molar-refractivity contribution in [1.29, 1.82) is 0 Å². The molecule has 262 valence electrons. The third-order valence-corrected chi connectivity index (χ3v) is 9.57. The maximum absolute atomic E-state index is 13.8. The van der Waals surface area contributed by atoms with Crippen LogP contribution in [0.5, 0.6) is 0 Å². The summed E-state index contributed by atoms with van der Waals surface area (Å²) in [6.45, 7) is 16.5. The van der Waals surface area contributed by atoms with Crippen LogP contribution in [0.1, 0.15) is 90.7 Å². The molecule has 2 N–H and O–H groups in total. The fourth-order valence-electron chi connectivity index (χ4n) is 7.72. The Balaban J connectivity index is 1.72. The summed E-state index contributed by atoms with van der Waals surface area (Å²) in [5.74, 6) is -0.945. The maximum Gasteiger partial charge on any atom is 0.342 e. The number of nitrogens with one attached hydrogen (secondary N) is 2. The van der Waals surface area contributed by atoms with Crippen LogP contribution in [0.2, 0.25) is 0 Å². The van der Waals surface area contributed by atoms with Crippen molar-refractivity contribution >= 4 is 58.3 Å². The van der Waals surface area contributed by atoms with Crippen molar-refractivity contribution in [2.24, 2.45) is 0 Å². The second-order valence-electron chi connectivity index (χ2n) is 13.5. The normalized spacial score (nSPS) is 12.0. The van der Waals surface area contributed by atoms with E-state index in [1.54, 1.807) is 13.8 Å². The molecule has 0 amide bonds. The number of ether oxygens (including phenoxy) is 2. The Morgan fingerprint density at radius 2 is 0.827 bits per heavy atom. The standard InChI is InChI=1S/C44H42N4O4/c1-9-51-43(49)41-33-15-11-29(45-33)39(37-25(5)19-23(3)20-26(37)6)31-13-17-35(47-31)42(44(50)52-10-2)36-18-14-32(48-36)40(30-12-16-34(41)46-30)38-27(7)21-24(4)22-28(38)8/h11-22,45,48H,9-10H2,1-8H3. The number of carbonyl (C=O) groups is 2. The Morgan fingerprint density at radius 3 is 1.17 bits per heavy atom. The van der Waals surface area contributed by atoms with Crippen molar-refractivity contribution in [3.63, 3.8) is 0 Å². The van der Waals surface area contributed by atoms with E-state index in [-0.39, 0.29) is 13.2 Å². The lowest BCUT2D eigenvalue weighted by Gasteiger charge is -2.13. The lowest BCUT2D eigenvalue weighted by atomic mass is 9.92. The smallest absolute Gasteiger partial charge is 0.342 e. The zero-order valence-corrected chi connectivity index (χ0v) is 30.9. The van der Waals surface area contributed by atoms with Crippen LogP contribution >= 0.6 is 0 Å². The molecule has 2 aromatic carbocycles. The minimum atomic E-state index is -0.472. The quantitative estimate of drug-likeness (QED) is 0.168. The summed E-state index contributed by atoms with van der Waals surface area (Å²) >= 11 is 0. The van der Waals surface area contributed by atoms with E-state index in [9.17, 15) is 9.59 Å². The summed E-state index contributed by atoms with van der Waals surface area (Å²) in [6, 6.07) is 16.3. The number of carbonyl (C=O) groups excluding carboxylic acids is 2. The number of fused-ring (bicyclic) bond motifs is 8. The maximum atomic E-state index is 13.8. The predicted octanol–water partition coefficient (Wildman–Crippen LogP) is 10.2. The largest absolute Gasteiger partial charge is 0.462 e. The van der Waals surface area contributed by atoms with Crippen LogP contribution in [0.15, 0.2) is 48.5 Å². The molecule has 0 unspecified atom stereocenters. The second-order valence-corrected chi connectivity index (χ2v) is 13.5. The van der Waals surface area contributed by atoms with Gasteiger partial charge >= 0.3 is 11.9 Å². The van der Waals surface area contributed by atoms with Gasteiger partial charge in [-0.25, -0.2) is 19.6 Å². The summed E-state index contributed by atoms with van der Waals surface area (Å²) in [5, 5.41) is 0. The fourth-order valence-corrected chi connectivity index (χ4v) is 7.72. The zero-order valence-electron chi connectivity index (χ0n) is 30.9. The Bertz CT molecular complexity index is 2320. The van der Waals surface area contributed by atoms with Crippen LogP contribution in [-0.2, 0) is 9.47 Å². The topological polar surface area (TPSA) is 110 Å². The molecule has 0 aliphatic carbocycles. The number of rotatable bonds is 6. The molecular weight excluding hydrogens is 649 g/mol. The van der Waals surface area contributed by atoms with Crippen LogP contribution in [0.4, 0.5) is 0 Å². The molecule has 0 spiro atoms. The third-order valence-electron chi connectivity index (χ3n) is 9.57. The van der Waals surface area contributed by atoms with Crippen molar-refractivity contribution in [2.75, 3.05) is 13.2 Å². The summed E-state index contributed by atoms with van der Waals surface area (Å²) < 4.78 is 11.3. The average molecular weight is 691 g/mol. The number of hydrogen-bond acceptors (Lipinski definition) is 6. The highest BCUT2D eigenvalue weighted by Gasteiger charge is 2.24. The molecule has 2 aliphatic rings. The number of esters is 2. The van der Waals surface area contributed by atoms with Gasteiger partial charge in [0.05, 0.1) is 47.0 Å². The van der Waals surface area contributed by atoms with E-state index in [0.717, 1.165) is 66.7 Å². The molecule has 0 atom stereocenters. The van der Waals surface area contributed by atoms with Gasteiger partial charge in [-0.2, -0.15) is 0 Å². The molecule has 5 heterocycles. The van der Waals surface area contributed by atoms with Gasteiger partial charge in [-0.15, -0.1) is 0 Å². The van der Waals surface area contributed by atoms with Crippen molar-refractivity contribution in [3.05, 3.63) is 116 Å². The van der Waals surface area contributed by atoms with Crippen LogP contribution in [-0.4, -0.2) is 45.1 Å². The van der Waals surface area contributed by atoms with E-state index in [0.29, 0.717) is 44.9 Å². The molecule has 8 nitrogen and oxygen atoms in total. The van der Waals surface area contributed by atoms with Gasteiger partial charge in [-0.1, -0.05) is 35.4 Å². The highest BCUT2D eigenvalue weighted by atomic mass is 16.5. The van der Waals surface area contributed by atoms with Crippen molar-refractivity contribution in [3.8, 4) is 22.3 Å². The lowest BCUT2D eigenvalue weighted by Crippen LogP contribution is -2.07. The fraction of sp³-hybridized carbons (Fsp3) is 0.227. The lowest BCUT2D eigenvalue weighted by molar-refractivity contribution is 0.0518. The molecule has 0 saturated carbocycles. The van der Waals surface area contributed by atoms with E-state index in [2.05, 4.69) is 75.8 Å². The second kappa shape index (κ2) is 13.6. The van der Waals surface area contributed by atoms with E-state index >= 15 is 0 Å². The van der Waals surface area contributed by atoms with Gasteiger partial charge in [-0.05, 0) is 137 Å². The van der Waals surface area contributed by atoms with Gasteiger partial charge in [0.15, 0.2) is 0 Å². The van der Waals surface area contributed by atoms with E-state index in [4.69, 9.17) is 19.4 Å². The highest BCUT2D eigenvalue weighted by Crippen LogP contribution is 2.38. The van der Waals surface area contributed by atoms with E-state index in [1.807, 2.05) is 48.6 Å². The molecule has 7 rings (SSSR count). The van der Waals surface area contributed by atoms with E-state index < -0.39 is 11.9 Å². The Morgan fingerprint density at radius 1 is 0.500 bits per heavy atom. The molecule has 2 aliphatic heterocycles. The van der Waals surface area contributed by atoms with Gasteiger partial charge < -0.3 is 19.4 Å². The molecule has 5 aromatic rings. The molecule has 8 bridgehead atoms. The van der Waals surface area contributed by atoms with Crippen molar-refractivity contribution in [2.45, 2.75) is 55.4 Å². The monoisotopic (exact) mass is 690 g/mol. The molecule has 3 aromatic heterocycles. The number of nitrogens with zero attached hydrogens (tertiary/aromatic N) is 2. The summed E-state index contributed by atoms with van der Waals surface area (Å²) in [6.07, 6.45) is 7.59. The number of hydrogen-bond donors (Lipinski definition) is 2. The van der Waals surface area contributed by atoms with Gasteiger partial charge in [0.25, 0.3) is 0 Å². The molecular formula is C44H42N4O4. The van der Waals surface area contributed by atoms with Gasteiger partial charge in [0.2, 0.25) is 0 Å². The van der Waals surface area contributed by atoms with Crippen molar-refractivity contribution in [1.82, 2.24) is 19.9 Å². The summed E-state index contributed by atoms with van der Waals surface area (Å²) in [7, 11) is 0. The van der Waals surface area contributed by atoms with E-state index in [1.165, 1.54) is 0 Å². The van der Waals surface area contributed by atoms with Crippen LogP contribution < -0.4 is 0 Å². The first-order valence-electron chi connectivity index (χ1n) is 17.7. The molecule has 0 fully saturated rings. The molecule has 8 heteroatoms. The predicted molar refractivity (Wildman–Crippen MR) is 210 cm³/mol. The van der Waals surface area contributed by atoms with Crippen LogP contribution in [0.3, 0.4) is 0 Å². The number of benzene rings is 2. The van der Waals surface area contributed by atoms with Crippen LogP contribution in [0.25, 0.3) is 68.6 Å². The Hall–Kier alpha value is -6.02. The minimum Gasteiger partial charge on any atom is -0.462 e. The highest BCUT2D eigenvalue weighted by molar-refractivity contribution is 6.06. The number of H-pyrrole nitrogens is 2. The van der Waals surface area contributed by atoms with Gasteiger partial charge in [0.1, 0.15) is 11.1 Å². The van der Waals surface area contributed by atoms with Gasteiger partial charge in [0, 0.05) is 22.2 Å². The average Bonchev–Trinajstić information content (AvgIpc) is 3.90. The van der Waals surface area contributed by atoms with Gasteiger partial charge in [-0.3, -0.25) is 0 Å². The van der Waals surface area contributed by atoms with Crippen molar-refractivity contribution < 1.29 is 19.1 Å². The summed E-state index contributed by atoms with van der Waals surface area (Å²) in [4.78, 5) is 45.0. The molecule has 52 heavy (non-hydrogen) atoms. The Labute approximate surface area is 303 Å². The third kappa shape index (κ3) is 6.04. The first-order chi connectivity index (χ1) is 25.0. The van der Waals surface area contributed by atoms with Crippen LogP contribution in [0, 0.1) is 41.5 Å². The first kappa shape index (κ1) is 34.4.